The van der Waals surface area contributed by atoms with Gasteiger partial charge in [-0.25, -0.2) is 0 Å². The number of nitrogens with one attached hydrogen (secondary N) is 1. The molecule has 1 atom stereocenters. The van der Waals surface area contributed by atoms with Crippen LogP contribution in [-0.4, -0.2) is 37.8 Å². The Hall–Kier alpha value is -0.475. The molecule has 0 heterocycles. The smallest absolute Gasteiger partial charge is 0.0906 e. The van der Waals surface area contributed by atoms with Gasteiger partial charge in [0.1, 0.15) is 0 Å². The van der Waals surface area contributed by atoms with Gasteiger partial charge in [-0.3, -0.25) is 0 Å². The molecule has 2 N–H and O–H groups in total. The Labute approximate surface area is 94.3 Å². The second-order valence-electron chi connectivity index (χ2n) is 4.69. The zero-order chi connectivity index (χ0) is 12.1. The fourth-order valence-corrected chi connectivity index (χ4v) is 0.757. The lowest BCUT2D eigenvalue weighted by atomic mass is 9.86. The van der Waals surface area contributed by atoms with Crippen LogP contribution in [0.15, 0.2) is 12.3 Å². The van der Waals surface area contributed by atoms with Gasteiger partial charge in [-0.15, -0.1) is 0 Å². The molecule has 0 aliphatic heterocycles. The van der Waals surface area contributed by atoms with Crippen molar-refractivity contribution >= 4 is 7.85 Å². The Morgan fingerprint density at radius 2 is 1.93 bits per heavy atom. The first-order chi connectivity index (χ1) is 6.70. The lowest BCUT2D eigenvalue weighted by Crippen LogP contribution is -2.47. The SMILES string of the molecule is [B]C(/C=C\NC)COC(C)(C)C(C)(C)O. The van der Waals surface area contributed by atoms with Gasteiger partial charge < -0.3 is 15.2 Å². The van der Waals surface area contributed by atoms with Gasteiger partial charge in [0.15, 0.2) is 0 Å². The fourth-order valence-electron chi connectivity index (χ4n) is 0.757. The molecule has 0 spiro atoms. The molecule has 3 nitrogen and oxygen atoms in total. The normalized spacial score (nSPS) is 15.6. The third kappa shape index (κ3) is 5.23. The summed E-state index contributed by atoms with van der Waals surface area (Å²) < 4.78 is 5.60. The van der Waals surface area contributed by atoms with Gasteiger partial charge in [-0.2, -0.15) is 0 Å². The van der Waals surface area contributed by atoms with Crippen molar-refractivity contribution in [2.45, 2.75) is 44.7 Å². The summed E-state index contributed by atoms with van der Waals surface area (Å²) in [5.41, 5.74) is -1.50. The van der Waals surface area contributed by atoms with Gasteiger partial charge in [-0.1, -0.05) is 6.08 Å². The number of hydrogen-bond donors (Lipinski definition) is 2. The van der Waals surface area contributed by atoms with Crippen LogP contribution >= 0.6 is 0 Å². The monoisotopic (exact) mass is 211 g/mol. The van der Waals surface area contributed by atoms with Crippen molar-refractivity contribution in [1.82, 2.24) is 5.32 Å². The summed E-state index contributed by atoms with van der Waals surface area (Å²) in [6.07, 6.45) is 3.59. The molecule has 0 fully saturated rings. The van der Waals surface area contributed by atoms with Crippen molar-refractivity contribution in [3.05, 3.63) is 12.3 Å². The molecule has 4 heteroatoms. The summed E-state index contributed by atoms with van der Waals surface area (Å²) in [6.45, 7) is 7.53. The van der Waals surface area contributed by atoms with E-state index in [0.29, 0.717) is 6.61 Å². The van der Waals surface area contributed by atoms with E-state index in [2.05, 4.69) is 5.32 Å². The van der Waals surface area contributed by atoms with Gasteiger partial charge >= 0.3 is 0 Å². The summed E-state index contributed by atoms with van der Waals surface area (Å²) in [6, 6.07) is 0. The molecule has 0 aliphatic rings. The Morgan fingerprint density at radius 3 is 2.33 bits per heavy atom. The average molecular weight is 211 g/mol. The molecular weight excluding hydrogens is 189 g/mol. The average Bonchev–Trinajstić information content (AvgIpc) is 2.09. The van der Waals surface area contributed by atoms with Crippen molar-refractivity contribution < 1.29 is 9.84 Å². The molecule has 0 saturated heterocycles. The molecule has 0 aromatic heterocycles. The standard InChI is InChI=1S/C11H22BNO2/c1-10(2,14)11(3,4)15-8-9(12)6-7-13-5/h6-7,9,13-14H,8H2,1-5H3/b7-6-. The van der Waals surface area contributed by atoms with Gasteiger partial charge in [0.05, 0.1) is 19.0 Å². The quantitative estimate of drug-likeness (QED) is 0.649. The highest BCUT2D eigenvalue weighted by Crippen LogP contribution is 2.25. The van der Waals surface area contributed by atoms with Crippen LogP contribution in [0.4, 0.5) is 0 Å². The van der Waals surface area contributed by atoms with E-state index in [1.807, 2.05) is 27.0 Å². The predicted octanol–water partition coefficient (Wildman–Crippen LogP) is 1.24. The Balaban J connectivity index is 4.10. The molecule has 15 heavy (non-hydrogen) atoms. The Morgan fingerprint density at radius 1 is 1.40 bits per heavy atom. The van der Waals surface area contributed by atoms with Crippen LogP contribution in [0.5, 0.6) is 0 Å². The van der Waals surface area contributed by atoms with Crippen molar-refractivity contribution in [3.63, 3.8) is 0 Å². The van der Waals surface area contributed by atoms with E-state index in [4.69, 9.17) is 12.6 Å². The number of ether oxygens (including phenoxy) is 1. The van der Waals surface area contributed by atoms with Gasteiger partial charge in [0.2, 0.25) is 0 Å². The molecule has 0 saturated carbocycles. The van der Waals surface area contributed by atoms with E-state index in [-0.39, 0.29) is 5.82 Å². The minimum atomic E-state index is -0.889. The maximum atomic E-state index is 9.84. The third-order valence-corrected chi connectivity index (χ3v) is 2.62. The van der Waals surface area contributed by atoms with E-state index in [1.54, 1.807) is 20.0 Å². The molecule has 0 rings (SSSR count). The first-order valence-electron chi connectivity index (χ1n) is 5.16. The van der Waals surface area contributed by atoms with E-state index in [0.717, 1.165) is 0 Å². The van der Waals surface area contributed by atoms with Crippen molar-refractivity contribution in [3.8, 4) is 0 Å². The van der Waals surface area contributed by atoms with Crippen LogP contribution in [0.25, 0.3) is 0 Å². The summed E-state index contributed by atoms with van der Waals surface area (Å²) >= 11 is 0. The number of hydrogen-bond acceptors (Lipinski definition) is 3. The second-order valence-corrected chi connectivity index (χ2v) is 4.69. The molecule has 2 radical (unpaired) electrons. The summed E-state index contributed by atoms with van der Waals surface area (Å²) in [5, 5.41) is 12.7. The first kappa shape index (κ1) is 14.5. The largest absolute Gasteiger partial charge is 0.394 e. The summed E-state index contributed by atoms with van der Waals surface area (Å²) in [5.74, 6) is -0.168. The van der Waals surface area contributed by atoms with Crippen LogP contribution in [0.2, 0.25) is 5.82 Å². The van der Waals surface area contributed by atoms with Gasteiger partial charge in [0, 0.05) is 13.7 Å². The molecule has 86 valence electrons. The second kappa shape index (κ2) is 5.57. The lowest BCUT2D eigenvalue weighted by Gasteiger charge is -2.37. The van der Waals surface area contributed by atoms with Crippen LogP contribution in [-0.2, 0) is 4.74 Å². The van der Waals surface area contributed by atoms with Gasteiger partial charge in [-0.05, 0) is 39.7 Å². The van der Waals surface area contributed by atoms with Crippen molar-refractivity contribution in [2.75, 3.05) is 13.7 Å². The van der Waals surface area contributed by atoms with Crippen LogP contribution in [0.1, 0.15) is 27.7 Å². The maximum absolute atomic E-state index is 9.84. The van der Waals surface area contributed by atoms with Crippen LogP contribution < -0.4 is 5.32 Å². The first-order valence-corrected chi connectivity index (χ1v) is 5.16. The number of aliphatic hydroxyl groups is 1. The molecule has 0 bridgehead atoms. The summed E-state index contributed by atoms with van der Waals surface area (Å²) in [7, 11) is 7.59. The topological polar surface area (TPSA) is 41.5 Å². The van der Waals surface area contributed by atoms with E-state index in [9.17, 15) is 5.11 Å². The van der Waals surface area contributed by atoms with E-state index < -0.39 is 11.2 Å². The minimum Gasteiger partial charge on any atom is -0.394 e. The zero-order valence-corrected chi connectivity index (χ0v) is 10.4. The molecular formula is C11H22BNO2. The predicted molar refractivity (Wildman–Crippen MR) is 64.0 cm³/mol. The Kier molecular flexibility index (Phi) is 5.39. The molecule has 0 aromatic carbocycles. The highest BCUT2D eigenvalue weighted by atomic mass is 16.5. The van der Waals surface area contributed by atoms with E-state index >= 15 is 0 Å². The lowest BCUT2D eigenvalue weighted by molar-refractivity contribution is -0.146. The highest BCUT2D eigenvalue weighted by Gasteiger charge is 2.35. The highest BCUT2D eigenvalue weighted by molar-refractivity contribution is 6.13. The Bertz CT molecular complexity index is 209. The van der Waals surface area contributed by atoms with Crippen LogP contribution in [0, 0.1) is 0 Å². The van der Waals surface area contributed by atoms with Crippen LogP contribution in [0.3, 0.4) is 0 Å². The molecule has 0 amide bonds. The molecule has 0 aromatic rings. The fraction of sp³-hybridized carbons (Fsp3) is 0.818. The maximum Gasteiger partial charge on any atom is 0.0906 e. The third-order valence-electron chi connectivity index (χ3n) is 2.62. The van der Waals surface area contributed by atoms with Crippen molar-refractivity contribution in [1.29, 1.82) is 0 Å². The minimum absolute atomic E-state index is 0.168. The molecule has 0 aliphatic carbocycles. The van der Waals surface area contributed by atoms with E-state index in [1.165, 1.54) is 0 Å². The van der Waals surface area contributed by atoms with Gasteiger partial charge in [0.25, 0.3) is 0 Å². The summed E-state index contributed by atoms with van der Waals surface area (Å²) in [4.78, 5) is 0. The zero-order valence-electron chi connectivity index (χ0n) is 10.4. The molecule has 1 unspecified atom stereocenters. The number of rotatable bonds is 6. The van der Waals surface area contributed by atoms with Crippen molar-refractivity contribution in [2.24, 2.45) is 0 Å².